The molecular formula is C15H20BrN3O. The van der Waals surface area contributed by atoms with E-state index in [1.807, 2.05) is 16.8 Å². The molecule has 4 nitrogen and oxygen atoms in total. The summed E-state index contributed by atoms with van der Waals surface area (Å²) in [6.45, 7) is 6.21. The van der Waals surface area contributed by atoms with Crippen LogP contribution in [0.1, 0.15) is 42.8 Å². The van der Waals surface area contributed by atoms with Gasteiger partial charge in [-0.1, -0.05) is 28.1 Å². The maximum absolute atomic E-state index is 6.44. The minimum absolute atomic E-state index is 0.233. The monoisotopic (exact) mass is 337 g/mol. The summed E-state index contributed by atoms with van der Waals surface area (Å²) in [4.78, 5) is 0. The normalized spacial score (nSPS) is 12.8. The number of nitrogens with zero attached hydrogens (tertiary/aromatic N) is 2. The minimum Gasteiger partial charge on any atom is -0.493 e. The summed E-state index contributed by atoms with van der Waals surface area (Å²) in [6, 6.07) is 6.11. The molecule has 0 saturated heterocycles. The molecule has 0 aliphatic heterocycles. The van der Waals surface area contributed by atoms with Crippen LogP contribution in [0, 0.1) is 6.92 Å². The first-order valence-corrected chi connectivity index (χ1v) is 7.38. The summed E-state index contributed by atoms with van der Waals surface area (Å²) in [5.41, 5.74) is 9.55. The molecule has 0 fully saturated rings. The summed E-state index contributed by atoms with van der Waals surface area (Å²) < 4.78 is 8.40. The van der Waals surface area contributed by atoms with Crippen LogP contribution in [-0.4, -0.2) is 16.9 Å². The summed E-state index contributed by atoms with van der Waals surface area (Å²) in [7, 11) is 1.64. The summed E-state index contributed by atoms with van der Waals surface area (Å²) in [5.74, 6) is 0.728. The van der Waals surface area contributed by atoms with Gasteiger partial charge in [0.15, 0.2) is 5.75 Å². The standard InChI is InChI=1S/C15H20BrN3O/c1-9(2)19-15(13(20-4)8-18-19)14(17)11-5-6-12(16)10(3)7-11/h5-9,14H,17H2,1-4H3. The average molecular weight is 338 g/mol. The molecule has 1 atom stereocenters. The number of ether oxygens (including phenoxy) is 1. The van der Waals surface area contributed by atoms with Crippen molar-refractivity contribution in [1.82, 2.24) is 9.78 Å². The number of halogens is 1. The van der Waals surface area contributed by atoms with Crippen LogP contribution in [0.15, 0.2) is 28.9 Å². The molecule has 0 spiro atoms. The van der Waals surface area contributed by atoms with E-state index >= 15 is 0 Å². The Hall–Kier alpha value is -1.33. The molecule has 0 amide bonds. The second kappa shape index (κ2) is 5.97. The number of rotatable bonds is 4. The Labute approximate surface area is 128 Å². The number of hydrogen-bond acceptors (Lipinski definition) is 3. The quantitative estimate of drug-likeness (QED) is 0.927. The average Bonchev–Trinajstić information content (AvgIpc) is 2.85. The second-order valence-electron chi connectivity index (χ2n) is 5.12. The van der Waals surface area contributed by atoms with Crippen molar-refractivity contribution in [1.29, 1.82) is 0 Å². The zero-order valence-corrected chi connectivity index (χ0v) is 13.8. The number of methoxy groups -OCH3 is 1. The molecule has 5 heteroatoms. The van der Waals surface area contributed by atoms with Gasteiger partial charge in [-0.25, -0.2) is 0 Å². The number of aryl methyl sites for hydroxylation is 1. The Bertz CT molecular complexity index is 607. The highest BCUT2D eigenvalue weighted by Crippen LogP contribution is 2.31. The highest BCUT2D eigenvalue weighted by Gasteiger charge is 2.22. The van der Waals surface area contributed by atoms with Crippen LogP contribution >= 0.6 is 15.9 Å². The molecule has 1 unspecified atom stereocenters. The van der Waals surface area contributed by atoms with Crippen LogP contribution < -0.4 is 10.5 Å². The molecular weight excluding hydrogens is 318 g/mol. The number of hydrogen-bond donors (Lipinski definition) is 1. The zero-order valence-electron chi connectivity index (χ0n) is 12.2. The summed E-state index contributed by atoms with van der Waals surface area (Å²) in [5, 5.41) is 4.38. The van der Waals surface area contributed by atoms with Crippen molar-refractivity contribution in [2.45, 2.75) is 32.9 Å². The van der Waals surface area contributed by atoms with Crippen LogP contribution in [0.25, 0.3) is 0 Å². The topological polar surface area (TPSA) is 53.1 Å². The van der Waals surface area contributed by atoms with Gasteiger partial charge in [-0.15, -0.1) is 0 Å². The fourth-order valence-electron chi connectivity index (χ4n) is 2.24. The Morgan fingerprint density at radius 1 is 1.35 bits per heavy atom. The Morgan fingerprint density at radius 3 is 2.60 bits per heavy atom. The van der Waals surface area contributed by atoms with E-state index in [1.165, 1.54) is 0 Å². The minimum atomic E-state index is -0.262. The molecule has 2 aromatic rings. The van der Waals surface area contributed by atoms with E-state index in [9.17, 15) is 0 Å². The highest BCUT2D eigenvalue weighted by molar-refractivity contribution is 9.10. The smallest absolute Gasteiger partial charge is 0.161 e. The van der Waals surface area contributed by atoms with Crippen molar-refractivity contribution in [3.8, 4) is 5.75 Å². The fourth-order valence-corrected chi connectivity index (χ4v) is 2.49. The number of aromatic nitrogens is 2. The fraction of sp³-hybridized carbons (Fsp3) is 0.400. The maximum atomic E-state index is 6.44. The van der Waals surface area contributed by atoms with Gasteiger partial charge in [0.1, 0.15) is 5.69 Å². The predicted molar refractivity (Wildman–Crippen MR) is 84.1 cm³/mol. The van der Waals surface area contributed by atoms with Gasteiger partial charge >= 0.3 is 0 Å². The van der Waals surface area contributed by atoms with Gasteiger partial charge in [0.25, 0.3) is 0 Å². The van der Waals surface area contributed by atoms with Gasteiger partial charge in [-0.3, -0.25) is 4.68 Å². The van der Waals surface area contributed by atoms with Gasteiger partial charge in [0.05, 0.1) is 19.3 Å². The van der Waals surface area contributed by atoms with Gasteiger partial charge in [0, 0.05) is 10.5 Å². The Morgan fingerprint density at radius 2 is 2.05 bits per heavy atom. The van der Waals surface area contributed by atoms with E-state index in [4.69, 9.17) is 10.5 Å². The molecule has 1 aromatic heterocycles. The lowest BCUT2D eigenvalue weighted by atomic mass is 10.0. The van der Waals surface area contributed by atoms with E-state index in [2.05, 4.69) is 47.9 Å². The molecule has 0 bridgehead atoms. The van der Waals surface area contributed by atoms with Crippen molar-refractivity contribution in [3.05, 3.63) is 45.7 Å². The molecule has 2 N–H and O–H groups in total. The third-order valence-corrected chi connectivity index (χ3v) is 4.23. The van der Waals surface area contributed by atoms with E-state index < -0.39 is 0 Å². The molecule has 1 heterocycles. The third kappa shape index (κ3) is 2.74. The summed E-state index contributed by atoms with van der Waals surface area (Å²) >= 11 is 3.51. The second-order valence-corrected chi connectivity index (χ2v) is 5.98. The molecule has 108 valence electrons. The van der Waals surface area contributed by atoms with Gasteiger partial charge in [-0.05, 0) is 38.0 Å². The largest absolute Gasteiger partial charge is 0.493 e. The molecule has 0 saturated carbocycles. The maximum Gasteiger partial charge on any atom is 0.161 e. The number of benzene rings is 1. The van der Waals surface area contributed by atoms with Crippen LogP contribution in [0.4, 0.5) is 0 Å². The zero-order chi connectivity index (χ0) is 14.9. The SMILES string of the molecule is COc1cnn(C(C)C)c1C(N)c1ccc(Br)c(C)c1. The lowest BCUT2D eigenvalue weighted by Gasteiger charge is -2.19. The van der Waals surface area contributed by atoms with E-state index in [0.29, 0.717) is 0 Å². The van der Waals surface area contributed by atoms with Crippen molar-refractivity contribution in [2.24, 2.45) is 5.73 Å². The van der Waals surface area contributed by atoms with Crippen molar-refractivity contribution in [2.75, 3.05) is 7.11 Å². The van der Waals surface area contributed by atoms with Crippen LogP contribution in [0.2, 0.25) is 0 Å². The van der Waals surface area contributed by atoms with E-state index in [1.54, 1.807) is 13.3 Å². The van der Waals surface area contributed by atoms with Crippen molar-refractivity contribution >= 4 is 15.9 Å². The molecule has 20 heavy (non-hydrogen) atoms. The summed E-state index contributed by atoms with van der Waals surface area (Å²) in [6.07, 6.45) is 1.72. The molecule has 0 radical (unpaired) electrons. The van der Waals surface area contributed by atoms with Crippen LogP contribution in [0.5, 0.6) is 5.75 Å². The molecule has 0 aliphatic carbocycles. The predicted octanol–water partition coefficient (Wildman–Crippen LogP) is 3.59. The van der Waals surface area contributed by atoms with Crippen molar-refractivity contribution < 1.29 is 4.74 Å². The third-order valence-electron chi connectivity index (χ3n) is 3.34. The Balaban J connectivity index is 2.49. The lowest BCUT2D eigenvalue weighted by molar-refractivity contribution is 0.401. The first-order chi connectivity index (χ1) is 9.45. The number of nitrogens with two attached hydrogens (primary N) is 1. The van der Waals surface area contributed by atoms with E-state index in [0.717, 1.165) is 27.0 Å². The van der Waals surface area contributed by atoms with Gasteiger partial charge in [0.2, 0.25) is 0 Å². The Kier molecular flexibility index (Phi) is 4.50. The van der Waals surface area contributed by atoms with Gasteiger partial charge < -0.3 is 10.5 Å². The van der Waals surface area contributed by atoms with Crippen molar-refractivity contribution in [3.63, 3.8) is 0 Å². The van der Waals surface area contributed by atoms with Crippen LogP contribution in [-0.2, 0) is 0 Å². The molecule has 2 rings (SSSR count). The lowest BCUT2D eigenvalue weighted by Crippen LogP contribution is -2.19. The highest BCUT2D eigenvalue weighted by atomic mass is 79.9. The first-order valence-electron chi connectivity index (χ1n) is 6.58. The van der Waals surface area contributed by atoms with Gasteiger partial charge in [-0.2, -0.15) is 5.10 Å². The molecule has 1 aromatic carbocycles. The van der Waals surface area contributed by atoms with Crippen LogP contribution in [0.3, 0.4) is 0 Å². The molecule has 0 aliphatic rings. The van der Waals surface area contributed by atoms with E-state index in [-0.39, 0.29) is 12.1 Å². The first kappa shape index (κ1) is 15.1.